The maximum absolute atomic E-state index is 12.6. The summed E-state index contributed by atoms with van der Waals surface area (Å²) in [4.78, 5) is 0.273. The molecule has 2 atom stereocenters. The number of aliphatic hydroxyl groups is 1. The van der Waals surface area contributed by atoms with Crippen molar-refractivity contribution in [3.8, 4) is 0 Å². The number of nitrogens with zero attached hydrogens (tertiary/aromatic N) is 1. The third kappa shape index (κ3) is 2.45. The standard InChI is InChI=1S/C14H19NO3S/c1-4-12-9-15(11(3)14(12)16)19(17,18)13-7-5-10(2)6-8-13/h4-8,11,14,16H,9H2,1-3H3/b12-4-/t11-,14+/m1/s1. The van der Waals surface area contributed by atoms with Gasteiger partial charge in [-0.05, 0) is 38.5 Å². The van der Waals surface area contributed by atoms with Gasteiger partial charge in [-0.2, -0.15) is 4.31 Å². The van der Waals surface area contributed by atoms with Gasteiger partial charge in [0, 0.05) is 6.54 Å². The van der Waals surface area contributed by atoms with E-state index in [0.717, 1.165) is 11.1 Å². The zero-order chi connectivity index (χ0) is 14.2. The Bertz CT molecular complexity index is 590. The summed E-state index contributed by atoms with van der Waals surface area (Å²) in [6.45, 7) is 5.71. The number of hydrogen-bond acceptors (Lipinski definition) is 3. The Balaban J connectivity index is 2.38. The molecule has 1 aliphatic heterocycles. The highest BCUT2D eigenvalue weighted by Gasteiger charge is 2.40. The van der Waals surface area contributed by atoms with Crippen LogP contribution in [0.5, 0.6) is 0 Å². The Morgan fingerprint density at radius 3 is 2.37 bits per heavy atom. The van der Waals surface area contributed by atoms with Crippen molar-refractivity contribution < 1.29 is 13.5 Å². The molecule has 0 unspecified atom stereocenters. The van der Waals surface area contributed by atoms with Crippen molar-refractivity contribution in [2.24, 2.45) is 0 Å². The summed E-state index contributed by atoms with van der Waals surface area (Å²) in [6.07, 6.45) is 1.07. The quantitative estimate of drug-likeness (QED) is 0.839. The Kier molecular flexibility index (Phi) is 3.80. The van der Waals surface area contributed by atoms with E-state index < -0.39 is 22.2 Å². The lowest BCUT2D eigenvalue weighted by Gasteiger charge is -2.21. The maximum atomic E-state index is 12.6. The first-order valence-electron chi connectivity index (χ1n) is 6.29. The minimum Gasteiger partial charge on any atom is -0.387 e. The maximum Gasteiger partial charge on any atom is 0.243 e. The van der Waals surface area contributed by atoms with Crippen LogP contribution in [0.3, 0.4) is 0 Å². The van der Waals surface area contributed by atoms with Crippen LogP contribution in [0.4, 0.5) is 0 Å². The third-order valence-corrected chi connectivity index (χ3v) is 5.57. The van der Waals surface area contributed by atoms with Gasteiger partial charge in [-0.25, -0.2) is 8.42 Å². The fourth-order valence-corrected chi connectivity index (χ4v) is 3.92. The Morgan fingerprint density at radius 2 is 1.89 bits per heavy atom. The first-order chi connectivity index (χ1) is 8.87. The van der Waals surface area contributed by atoms with Crippen LogP contribution in [0.1, 0.15) is 19.4 Å². The lowest BCUT2D eigenvalue weighted by atomic mass is 10.1. The molecule has 1 saturated heterocycles. The average molecular weight is 281 g/mol. The third-order valence-electron chi connectivity index (χ3n) is 3.63. The van der Waals surface area contributed by atoms with E-state index in [0.29, 0.717) is 0 Å². The van der Waals surface area contributed by atoms with E-state index in [1.807, 2.05) is 13.8 Å². The van der Waals surface area contributed by atoms with Crippen molar-refractivity contribution in [2.45, 2.75) is 37.8 Å². The van der Waals surface area contributed by atoms with E-state index in [4.69, 9.17) is 0 Å². The van der Waals surface area contributed by atoms with Crippen LogP contribution in [0.15, 0.2) is 40.8 Å². The fourth-order valence-electron chi connectivity index (χ4n) is 2.30. The minimum atomic E-state index is -3.55. The number of benzene rings is 1. The molecule has 0 aromatic heterocycles. The molecule has 0 saturated carbocycles. The summed E-state index contributed by atoms with van der Waals surface area (Å²) < 4.78 is 26.5. The van der Waals surface area contributed by atoms with Gasteiger partial charge >= 0.3 is 0 Å². The van der Waals surface area contributed by atoms with Crippen LogP contribution in [0, 0.1) is 6.92 Å². The van der Waals surface area contributed by atoms with Crippen LogP contribution in [0.25, 0.3) is 0 Å². The molecule has 1 aromatic rings. The van der Waals surface area contributed by atoms with E-state index in [1.54, 1.807) is 37.3 Å². The van der Waals surface area contributed by atoms with E-state index >= 15 is 0 Å². The summed E-state index contributed by atoms with van der Waals surface area (Å²) in [5.41, 5.74) is 1.77. The highest BCUT2D eigenvalue weighted by atomic mass is 32.2. The monoisotopic (exact) mass is 281 g/mol. The zero-order valence-electron chi connectivity index (χ0n) is 11.4. The van der Waals surface area contributed by atoms with E-state index in [9.17, 15) is 13.5 Å². The molecule has 1 heterocycles. The predicted molar refractivity (Wildman–Crippen MR) is 74.3 cm³/mol. The van der Waals surface area contributed by atoms with Crippen LogP contribution in [-0.4, -0.2) is 36.5 Å². The molecule has 1 fully saturated rings. The SMILES string of the molecule is C/C=C1/CN(S(=O)(=O)c2ccc(C)cc2)[C@H](C)[C@@H]1O. The van der Waals surface area contributed by atoms with E-state index in [-0.39, 0.29) is 11.4 Å². The molecule has 0 aliphatic carbocycles. The van der Waals surface area contributed by atoms with Gasteiger partial charge in [0.15, 0.2) is 0 Å². The Labute approximate surface area is 114 Å². The first-order valence-corrected chi connectivity index (χ1v) is 7.73. The summed E-state index contributed by atoms with van der Waals surface area (Å²) in [5, 5.41) is 10.0. The molecule has 0 radical (unpaired) electrons. The van der Waals surface area contributed by atoms with Gasteiger partial charge in [-0.3, -0.25) is 0 Å². The topological polar surface area (TPSA) is 57.6 Å². The Hall–Kier alpha value is -1.17. The average Bonchev–Trinajstić information content (AvgIpc) is 2.67. The number of allylic oxidation sites excluding steroid dienone is 1. The highest BCUT2D eigenvalue weighted by molar-refractivity contribution is 7.89. The van der Waals surface area contributed by atoms with Crippen LogP contribution < -0.4 is 0 Å². The Morgan fingerprint density at radius 1 is 1.32 bits per heavy atom. The normalized spacial score (nSPS) is 27.1. The van der Waals surface area contributed by atoms with Crippen LogP contribution in [-0.2, 0) is 10.0 Å². The van der Waals surface area contributed by atoms with Gasteiger partial charge in [-0.1, -0.05) is 23.8 Å². The van der Waals surface area contributed by atoms with Crippen molar-refractivity contribution in [1.82, 2.24) is 4.31 Å². The number of aryl methyl sites for hydroxylation is 1. The molecule has 0 bridgehead atoms. The van der Waals surface area contributed by atoms with E-state index in [1.165, 1.54) is 4.31 Å². The van der Waals surface area contributed by atoms with Crippen molar-refractivity contribution in [3.05, 3.63) is 41.5 Å². The van der Waals surface area contributed by atoms with Crippen molar-refractivity contribution in [1.29, 1.82) is 0 Å². The minimum absolute atomic E-state index is 0.259. The molecule has 2 rings (SSSR count). The van der Waals surface area contributed by atoms with Gasteiger partial charge in [0.05, 0.1) is 17.0 Å². The molecule has 5 heteroatoms. The highest BCUT2D eigenvalue weighted by Crippen LogP contribution is 2.29. The summed E-state index contributed by atoms with van der Waals surface area (Å²) in [7, 11) is -3.55. The summed E-state index contributed by atoms with van der Waals surface area (Å²) in [6, 6.07) is 6.34. The molecule has 19 heavy (non-hydrogen) atoms. The molecule has 1 aliphatic rings. The van der Waals surface area contributed by atoms with Gasteiger partial charge in [0.2, 0.25) is 10.0 Å². The summed E-state index contributed by atoms with van der Waals surface area (Å²) in [5.74, 6) is 0. The number of hydrogen-bond donors (Lipinski definition) is 1. The van der Waals surface area contributed by atoms with Crippen LogP contribution >= 0.6 is 0 Å². The van der Waals surface area contributed by atoms with Crippen molar-refractivity contribution >= 4 is 10.0 Å². The first kappa shape index (κ1) is 14.2. The lowest BCUT2D eigenvalue weighted by molar-refractivity contribution is 0.173. The largest absolute Gasteiger partial charge is 0.387 e. The molecule has 4 nitrogen and oxygen atoms in total. The second kappa shape index (κ2) is 5.07. The molecule has 0 spiro atoms. The molecule has 104 valence electrons. The van der Waals surface area contributed by atoms with Gasteiger partial charge < -0.3 is 5.11 Å². The van der Waals surface area contributed by atoms with Crippen molar-refractivity contribution in [3.63, 3.8) is 0 Å². The molecule has 1 N–H and O–H groups in total. The predicted octanol–water partition coefficient (Wildman–Crippen LogP) is 1.70. The van der Waals surface area contributed by atoms with E-state index in [2.05, 4.69) is 0 Å². The second-order valence-electron chi connectivity index (χ2n) is 4.91. The van der Waals surface area contributed by atoms with Crippen LogP contribution in [0.2, 0.25) is 0 Å². The number of sulfonamides is 1. The molecular formula is C14H19NO3S. The molecule has 0 amide bonds. The van der Waals surface area contributed by atoms with Crippen molar-refractivity contribution in [2.75, 3.05) is 6.54 Å². The molecule has 1 aromatic carbocycles. The summed E-state index contributed by atoms with van der Waals surface area (Å²) >= 11 is 0. The zero-order valence-corrected chi connectivity index (χ0v) is 12.2. The fraction of sp³-hybridized carbons (Fsp3) is 0.429. The van der Waals surface area contributed by atoms with Gasteiger partial charge in [-0.15, -0.1) is 0 Å². The number of rotatable bonds is 2. The lowest BCUT2D eigenvalue weighted by Crippen LogP contribution is -2.37. The van der Waals surface area contributed by atoms with Gasteiger partial charge in [0.1, 0.15) is 0 Å². The molecular weight excluding hydrogens is 262 g/mol. The second-order valence-corrected chi connectivity index (χ2v) is 6.80. The number of aliphatic hydroxyl groups excluding tert-OH is 1. The smallest absolute Gasteiger partial charge is 0.243 e. The van der Waals surface area contributed by atoms with Gasteiger partial charge in [0.25, 0.3) is 0 Å².